The second kappa shape index (κ2) is 6.07. The number of carbonyl (C=O) groups is 2. The third-order valence-corrected chi connectivity index (χ3v) is 3.86. The van der Waals surface area contributed by atoms with Crippen LogP contribution in [0.25, 0.3) is 0 Å². The SMILES string of the molecule is CCC(CC)c1cc(CNC(=O)[C@@H]2C[C@H]2C(=O)O)on1. The summed E-state index contributed by atoms with van der Waals surface area (Å²) in [6, 6.07) is 1.86. The largest absolute Gasteiger partial charge is 0.481 e. The van der Waals surface area contributed by atoms with E-state index in [4.69, 9.17) is 9.63 Å². The molecule has 6 heteroatoms. The number of rotatable bonds is 7. The summed E-state index contributed by atoms with van der Waals surface area (Å²) in [6.07, 6.45) is 2.42. The zero-order valence-electron chi connectivity index (χ0n) is 11.8. The van der Waals surface area contributed by atoms with Crippen molar-refractivity contribution in [1.82, 2.24) is 10.5 Å². The van der Waals surface area contributed by atoms with Gasteiger partial charge >= 0.3 is 5.97 Å². The van der Waals surface area contributed by atoms with Crippen molar-refractivity contribution in [1.29, 1.82) is 0 Å². The minimum absolute atomic E-state index is 0.224. The monoisotopic (exact) mass is 280 g/mol. The number of aromatic nitrogens is 1. The van der Waals surface area contributed by atoms with Gasteiger partial charge in [0.2, 0.25) is 5.91 Å². The predicted molar refractivity (Wildman–Crippen MR) is 70.9 cm³/mol. The molecule has 1 aromatic rings. The fourth-order valence-electron chi connectivity index (χ4n) is 2.37. The number of nitrogens with zero attached hydrogens (tertiary/aromatic N) is 1. The van der Waals surface area contributed by atoms with E-state index in [9.17, 15) is 9.59 Å². The maximum atomic E-state index is 11.7. The van der Waals surface area contributed by atoms with Crippen LogP contribution in [-0.4, -0.2) is 22.1 Å². The second-order valence-corrected chi connectivity index (χ2v) is 5.24. The van der Waals surface area contributed by atoms with Gasteiger partial charge in [-0.25, -0.2) is 0 Å². The maximum absolute atomic E-state index is 11.7. The predicted octanol–water partition coefficient (Wildman–Crippen LogP) is 1.92. The molecule has 110 valence electrons. The highest BCUT2D eigenvalue weighted by atomic mass is 16.5. The van der Waals surface area contributed by atoms with Gasteiger partial charge in [0, 0.05) is 12.0 Å². The van der Waals surface area contributed by atoms with Crippen molar-refractivity contribution in [3.63, 3.8) is 0 Å². The Morgan fingerprint density at radius 1 is 1.45 bits per heavy atom. The standard InChI is InChI=1S/C14H20N2O4/c1-3-8(4-2)12-5-9(20-16-12)7-15-13(17)10-6-11(10)14(18)19/h5,8,10-11H,3-4,6-7H2,1-2H3,(H,15,17)(H,18,19)/t10-,11-/m1/s1. The Bertz CT molecular complexity index is 493. The van der Waals surface area contributed by atoms with E-state index in [1.165, 1.54) is 0 Å². The first-order chi connectivity index (χ1) is 9.56. The first-order valence-electron chi connectivity index (χ1n) is 7.02. The molecule has 1 fully saturated rings. The Balaban J connectivity index is 1.83. The molecule has 1 amide bonds. The zero-order chi connectivity index (χ0) is 14.7. The number of aliphatic carboxylic acids is 1. The number of carboxylic acids is 1. The highest BCUT2D eigenvalue weighted by Gasteiger charge is 2.48. The quantitative estimate of drug-likeness (QED) is 0.796. The average Bonchev–Trinajstić information content (AvgIpc) is 3.11. The molecule has 2 rings (SSSR count). The fraction of sp³-hybridized carbons (Fsp3) is 0.643. The van der Waals surface area contributed by atoms with Crippen LogP contribution in [0.3, 0.4) is 0 Å². The molecule has 0 spiro atoms. The van der Waals surface area contributed by atoms with E-state index in [0.29, 0.717) is 18.1 Å². The van der Waals surface area contributed by atoms with Gasteiger partial charge in [0.15, 0.2) is 5.76 Å². The van der Waals surface area contributed by atoms with E-state index >= 15 is 0 Å². The molecule has 1 heterocycles. The molecule has 1 saturated carbocycles. The number of hydrogen-bond donors (Lipinski definition) is 2. The van der Waals surface area contributed by atoms with Crippen molar-refractivity contribution in [2.24, 2.45) is 11.8 Å². The minimum Gasteiger partial charge on any atom is -0.481 e. The zero-order valence-corrected chi connectivity index (χ0v) is 11.8. The normalized spacial score (nSPS) is 20.9. The minimum atomic E-state index is -0.902. The number of amides is 1. The molecular weight excluding hydrogens is 260 g/mol. The van der Waals surface area contributed by atoms with Crippen molar-refractivity contribution in [2.45, 2.75) is 45.6 Å². The molecule has 0 bridgehead atoms. The smallest absolute Gasteiger partial charge is 0.307 e. The van der Waals surface area contributed by atoms with Crippen molar-refractivity contribution in [3.8, 4) is 0 Å². The van der Waals surface area contributed by atoms with E-state index in [1.54, 1.807) is 0 Å². The highest BCUT2D eigenvalue weighted by Crippen LogP contribution is 2.38. The first kappa shape index (κ1) is 14.6. The van der Waals surface area contributed by atoms with Gasteiger partial charge in [0.05, 0.1) is 24.1 Å². The first-order valence-corrected chi connectivity index (χ1v) is 7.02. The number of nitrogens with one attached hydrogen (secondary N) is 1. The molecule has 1 aliphatic rings. The average molecular weight is 280 g/mol. The van der Waals surface area contributed by atoms with Crippen LogP contribution in [0, 0.1) is 11.8 Å². The Morgan fingerprint density at radius 3 is 2.70 bits per heavy atom. The molecular formula is C14H20N2O4. The molecule has 20 heavy (non-hydrogen) atoms. The van der Waals surface area contributed by atoms with Gasteiger partial charge in [-0.2, -0.15) is 0 Å². The number of carbonyl (C=O) groups excluding carboxylic acids is 1. The van der Waals surface area contributed by atoms with Crippen molar-refractivity contribution in [2.75, 3.05) is 0 Å². The van der Waals surface area contributed by atoms with Crippen LogP contribution in [0.1, 0.15) is 50.5 Å². The van der Waals surface area contributed by atoms with Crippen LogP contribution >= 0.6 is 0 Å². The van der Waals surface area contributed by atoms with Gasteiger partial charge in [0.1, 0.15) is 0 Å². The lowest BCUT2D eigenvalue weighted by atomic mass is 9.99. The second-order valence-electron chi connectivity index (χ2n) is 5.24. The molecule has 0 saturated heterocycles. The molecule has 0 radical (unpaired) electrons. The molecule has 2 N–H and O–H groups in total. The lowest BCUT2D eigenvalue weighted by Crippen LogP contribution is -2.25. The lowest BCUT2D eigenvalue weighted by Gasteiger charge is -2.06. The summed E-state index contributed by atoms with van der Waals surface area (Å²) in [4.78, 5) is 22.4. The van der Waals surface area contributed by atoms with Gasteiger partial charge < -0.3 is 14.9 Å². The van der Waals surface area contributed by atoms with Gasteiger partial charge in [-0.3, -0.25) is 9.59 Å². The Labute approximate surface area is 117 Å². The summed E-state index contributed by atoms with van der Waals surface area (Å²) < 4.78 is 5.19. The Hall–Kier alpha value is -1.85. The maximum Gasteiger partial charge on any atom is 0.307 e. The third kappa shape index (κ3) is 3.18. The van der Waals surface area contributed by atoms with E-state index in [-0.39, 0.29) is 12.5 Å². The number of carboxylic acid groups (broad SMARTS) is 1. The van der Waals surface area contributed by atoms with Crippen LogP contribution in [0.4, 0.5) is 0 Å². The Kier molecular flexibility index (Phi) is 4.42. The summed E-state index contributed by atoms with van der Waals surface area (Å²) in [5.74, 6) is -1.06. The van der Waals surface area contributed by atoms with E-state index in [1.807, 2.05) is 6.07 Å². The van der Waals surface area contributed by atoms with Gasteiger partial charge in [-0.15, -0.1) is 0 Å². The van der Waals surface area contributed by atoms with Crippen molar-refractivity contribution >= 4 is 11.9 Å². The van der Waals surface area contributed by atoms with Gasteiger partial charge in [-0.1, -0.05) is 19.0 Å². The lowest BCUT2D eigenvalue weighted by molar-refractivity contribution is -0.140. The van der Waals surface area contributed by atoms with E-state index in [2.05, 4.69) is 24.3 Å². The summed E-state index contributed by atoms with van der Waals surface area (Å²) in [6.45, 7) is 4.46. The summed E-state index contributed by atoms with van der Waals surface area (Å²) in [5.41, 5.74) is 0.911. The van der Waals surface area contributed by atoms with Gasteiger partial charge in [0.25, 0.3) is 0 Å². The topological polar surface area (TPSA) is 92.4 Å². The molecule has 0 aliphatic heterocycles. The summed E-state index contributed by atoms with van der Waals surface area (Å²) in [7, 11) is 0. The van der Waals surface area contributed by atoms with Crippen molar-refractivity contribution < 1.29 is 19.2 Å². The molecule has 2 atom stereocenters. The molecule has 1 aliphatic carbocycles. The third-order valence-electron chi connectivity index (χ3n) is 3.86. The van der Waals surface area contributed by atoms with Crippen LogP contribution < -0.4 is 5.32 Å². The van der Waals surface area contributed by atoms with Crippen molar-refractivity contribution in [3.05, 3.63) is 17.5 Å². The molecule has 1 aromatic heterocycles. The van der Waals surface area contributed by atoms with E-state index < -0.39 is 17.8 Å². The highest BCUT2D eigenvalue weighted by molar-refractivity contribution is 5.89. The van der Waals surface area contributed by atoms with Crippen LogP contribution in [0.15, 0.2) is 10.6 Å². The summed E-state index contributed by atoms with van der Waals surface area (Å²) >= 11 is 0. The molecule has 6 nitrogen and oxygen atoms in total. The Morgan fingerprint density at radius 2 is 2.15 bits per heavy atom. The van der Waals surface area contributed by atoms with Crippen LogP contribution in [0.5, 0.6) is 0 Å². The van der Waals surface area contributed by atoms with E-state index in [0.717, 1.165) is 18.5 Å². The van der Waals surface area contributed by atoms with Gasteiger partial charge in [-0.05, 0) is 19.3 Å². The fourth-order valence-corrected chi connectivity index (χ4v) is 2.37. The number of hydrogen-bond acceptors (Lipinski definition) is 4. The van der Waals surface area contributed by atoms with Crippen LogP contribution in [0.2, 0.25) is 0 Å². The van der Waals surface area contributed by atoms with Crippen LogP contribution in [-0.2, 0) is 16.1 Å². The molecule has 0 aromatic carbocycles. The summed E-state index contributed by atoms with van der Waals surface area (Å²) in [5, 5.41) is 15.5. The molecule has 0 unspecified atom stereocenters.